The molecule has 1 atom stereocenters. The molecule has 3 aromatic rings. The molecule has 2 heterocycles. The minimum atomic E-state index is -0.0488. The molecule has 0 bridgehead atoms. The van der Waals surface area contributed by atoms with Crippen molar-refractivity contribution in [2.24, 2.45) is 0 Å². The highest BCUT2D eigenvalue weighted by Gasteiger charge is 2.28. The molecule has 140 valence electrons. The van der Waals surface area contributed by atoms with Gasteiger partial charge in [0, 0.05) is 11.1 Å². The minimum absolute atomic E-state index is 0.0488. The number of nitrogens with zero attached hydrogens (tertiary/aromatic N) is 2. The highest BCUT2D eigenvalue weighted by Crippen LogP contribution is 2.35. The molecule has 1 aliphatic heterocycles. The van der Waals surface area contributed by atoms with Gasteiger partial charge < -0.3 is 4.74 Å². The number of ether oxygens (including phenoxy) is 1. The Hall–Kier alpha value is -1.76. The molecular formula is C21H21BrN2O2S. The third kappa shape index (κ3) is 3.66. The molecule has 0 aliphatic carbocycles. The highest BCUT2D eigenvalue weighted by molar-refractivity contribution is 9.10. The van der Waals surface area contributed by atoms with E-state index in [-0.39, 0.29) is 12.0 Å². The molecule has 4 rings (SSSR count). The van der Waals surface area contributed by atoms with E-state index in [1.165, 1.54) is 5.56 Å². The smallest absolute Gasteiger partial charge is 0.261 e. The van der Waals surface area contributed by atoms with Crippen molar-refractivity contribution < 1.29 is 9.53 Å². The van der Waals surface area contributed by atoms with Crippen LogP contribution < -0.4 is 4.90 Å². The van der Waals surface area contributed by atoms with Gasteiger partial charge in [0.25, 0.3) is 5.91 Å². The normalized spacial score (nSPS) is 16.8. The summed E-state index contributed by atoms with van der Waals surface area (Å²) in [5.74, 6) is -0.0488. The summed E-state index contributed by atoms with van der Waals surface area (Å²) in [5.41, 5.74) is 3.93. The highest BCUT2D eigenvalue weighted by atomic mass is 79.9. The Morgan fingerprint density at radius 2 is 2.04 bits per heavy atom. The molecule has 0 saturated carbocycles. The zero-order valence-corrected chi connectivity index (χ0v) is 17.8. The number of carbonyl (C=O) groups is 1. The molecule has 1 aromatic heterocycles. The lowest BCUT2D eigenvalue weighted by Crippen LogP contribution is -2.37. The topological polar surface area (TPSA) is 42.4 Å². The number of amides is 1. The summed E-state index contributed by atoms with van der Waals surface area (Å²) in [6.45, 7) is 5.44. The molecule has 0 unspecified atom stereocenters. The zero-order valence-electron chi connectivity index (χ0n) is 15.4. The van der Waals surface area contributed by atoms with Crippen molar-refractivity contribution >= 4 is 48.5 Å². The molecule has 0 radical (unpaired) electrons. The maximum atomic E-state index is 13.4. The summed E-state index contributed by atoms with van der Waals surface area (Å²) < 4.78 is 7.75. The average Bonchev–Trinajstić information content (AvgIpc) is 3.33. The summed E-state index contributed by atoms with van der Waals surface area (Å²) in [5, 5.41) is 0.735. The standard InChI is InChI=1S/C21H21BrN2O2S/c1-13-9-10-14(2)19-18(13)23-21(27-19)24(12-15-6-5-11-26-15)20(25)16-7-3-4-8-17(16)22/h3-4,7-10,15H,5-6,11-12H2,1-2H3/t15-/m1/s1. The third-order valence-corrected chi connectivity index (χ3v) is 6.83. The van der Waals surface area contributed by atoms with Crippen LogP contribution in [0.25, 0.3) is 10.2 Å². The summed E-state index contributed by atoms with van der Waals surface area (Å²) in [6, 6.07) is 11.7. The van der Waals surface area contributed by atoms with Gasteiger partial charge >= 0.3 is 0 Å². The maximum Gasteiger partial charge on any atom is 0.261 e. The van der Waals surface area contributed by atoms with Gasteiger partial charge in [-0.15, -0.1) is 0 Å². The molecule has 1 aliphatic rings. The number of hydrogen-bond acceptors (Lipinski definition) is 4. The number of halogens is 1. The molecule has 4 nitrogen and oxygen atoms in total. The van der Waals surface area contributed by atoms with E-state index in [1.807, 2.05) is 24.3 Å². The van der Waals surface area contributed by atoms with Crippen LogP contribution in [0.15, 0.2) is 40.9 Å². The number of fused-ring (bicyclic) bond motifs is 1. The second-order valence-electron chi connectivity index (χ2n) is 6.90. The van der Waals surface area contributed by atoms with Gasteiger partial charge in [-0.2, -0.15) is 0 Å². The van der Waals surface area contributed by atoms with Crippen LogP contribution in [0.4, 0.5) is 5.13 Å². The van der Waals surface area contributed by atoms with E-state index in [0.717, 1.165) is 44.8 Å². The van der Waals surface area contributed by atoms with Crippen molar-refractivity contribution in [3.8, 4) is 0 Å². The van der Waals surface area contributed by atoms with Crippen LogP contribution in [0.5, 0.6) is 0 Å². The number of thiazole rings is 1. The van der Waals surface area contributed by atoms with Crippen LogP contribution >= 0.6 is 27.3 Å². The maximum absolute atomic E-state index is 13.4. The molecule has 2 aromatic carbocycles. The first-order valence-electron chi connectivity index (χ1n) is 9.09. The van der Waals surface area contributed by atoms with Crippen molar-refractivity contribution in [1.82, 2.24) is 4.98 Å². The van der Waals surface area contributed by atoms with Gasteiger partial charge in [-0.05, 0) is 65.9 Å². The van der Waals surface area contributed by atoms with Crippen LogP contribution in [-0.2, 0) is 4.74 Å². The quantitative estimate of drug-likeness (QED) is 0.533. The number of anilines is 1. The van der Waals surface area contributed by atoms with E-state index in [0.29, 0.717) is 12.1 Å². The average molecular weight is 445 g/mol. The second-order valence-corrected chi connectivity index (χ2v) is 8.74. The van der Waals surface area contributed by atoms with Crippen LogP contribution in [0.1, 0.15) is 34.3 Å². The first kappa shape index (κ1) is 18.6. The van der Waals surface area contributed by atoms with Crippen molar-refractivity contribution in [2.75, 3.05) is 18.1 Å². The second kappa shape index (κ2) is 7.70. The summed E-state index contributed by atoms with van der Waals surface area (Å²) in [4.78, 5) is 20.0. The summed E-state index contributed by atoms with van der Waals surface area (Å²) >= 11 is 5.09. The van der Waals surface area contributed by atoms with Gasteiger partial charge in [0.15, 0.2) is 5.13 Å². The molecule has 27 heavy (non-hydrogen) atoms. The fourth-order valence-electron chi connectivity index (χ4n) is 3.38. The van der Waals surface area contributed by atoms with Crippen molar-refractivity contribution in [1.29, 1.82) is 0 Å². The zero-order chi connectivity index (χ0) is 19.0. The van der Waals surface area contributed by atoms with Gasteiger partial charge in [-0.25, -0.2) is 4.98 Å². The van der Waals surface area contributed by atoms with Crippen molar-refractivity contribution in [3.63, 3.8) is 0 Å². The van der Waals surface area contributed by atoms with Crippen molar-refractivity contribution in [3.05, 3.63) is 57.6 Å². The van der Waals surface area contributed by atoms with E-state index >= 15 is 0 Å². The van der Waals surface area contributed by atoms with Gasteiger partial charge in [0.1, 0.15) is 0 Å². The van der Waals surface area contributed by atoms with E-state index in [1.54, 1.807) is 16.2 Å². The number of aromatic nitrogens is 1. The Balaban J connectivity index is 1.78. The van der Waals surface area contributed by atoms with E-state index in [4.69, 9.17) is 9.72 Å². The first-order chi connectivity index (χ1) is 13.0. The molecule has 6 heteroatoms. The van der Waals surface area contributed by atoms with Crippen molar-refractivity contribution in [2.45, 2.75) is 32.8 Å². The first-order valence-corrected chi connectivity index (χ1v) is 10.7. The largest absolute Gasteiger partial charge is 0.376 e. The number of benzene rings is 2. The number of hydrogen-bond donors (Lipinski definition) is 0. The Bertz CT molecular complexity index is 956. The minimum Gasteiger partial charge on any atom is -0.376 e. The van der Waals surface area contributed by atoms with E-state index in [9.17, 15) is 4.79 Å². The Labute approximate surface area is 171 Å². The molecule has 1 amide bonds. The third-order valence-electron chi connectivity index (χ3n) is 4.92. The summed E-state index contributed by atoms with van der Waals surface area (Å²) in [6.07, 6.45) is 2.08. The van der Waals surface area contributed by atoms with Gasteiger partial charge in [0.2, 0.25) is 0 Å². The monoisotopic (exact) mass is 444 g/mol. The fourth-order valence-corrected chi connectivity index (χ4v) is 4.96. The Morgan fingerprint density at radius 1 is 1.26 bits per heavy atom. The van der Waals surface area contributed by atoms with Crippen LogP contribution in [0.3, 0.4) is 0 Å². The molecule has 1 fully saturated rings. The molecule has 0 N–H and O–H groups in total. The van der Waals surface area contributed by atoms with Gasteiger partial charge in [-0.3, -0.25) is 9.69 Å². The Morgan fingerprint density at radius 3 is 2.74 bits per heavy atom. The number of rotatable bonds is 4. The van der Waals surface area contributed by atoms with E-state index in [2.05, 4.69) is 41.9 Å². The Kier molecular flexibility index (Phi) is 5.30. The van der Waals surface area contributed by atoms with Crippen LogP contribution in [0.2, 0.25) is 0 Å². The number of aryl methyl sites for hydroxylation is 2. The number of carbonyl (C=O) groups excluding carboxylic acids is 1. The lowest BCUT2D eigenvalue weighted by Gasteiger charge is -2.23. The van der Waals surface area contributed by atoms with E-state index < -0.39 is 0 Å². The fraction of sp³-hybridized carbons (Fsp3) is 0.333. The predicted octanol–water partition coefficient (Wildman–Crippen LogP) is 5.50. The van der Waals surface area contributed by atoms with Gasteiger partial charge in [0.05, 0.1) is 28.4 Å². The summed E-state index contributed by atoms with van der Waals surface area (Å²) in [7, 11) is 0. The predicted molar refractivity (Wildman–Crippen MR) is 114 cm³/mol. The molecule has 0 spiro atoms. The van der Waals surface area contributed by atoms with Crippen LogP contribution in [0, 0.1) is 13.8 Å². The van der Waals surface area contributed by atoms with Gasteiger partial charge in [-0.1, -0.05) is 35.6 Å². The lowest BCUT2D eigenvalue weighted by molar-refractivity contribution is 0.0917. The lowest BCUT2D eigenvalue weighted by atomic mass is 10.1. The SMILES string of the molecule is Cc1ccc(C)c2sc(N(C[C@H]3CCCO3)C(=O)c3ccccc3Br)nc12. The van der Waals surface area contributed by atoms with Crippen LogP contribution in [-0.4, -0.2) is 30.1 Å². The molecule has 1 saturated heterocycles. The molecular weight excluding hydrogens is 424 g/mol.